The number of benzene rings is 1. The minimum atomic E-state index is -4.49. The number of thiazole rings is 1. The summed E-state index contributed by atoms with van der Waals surface area (Å²) in [6.45, 7) is 5.61. The van der Waals surface area contributed by atoms with E-state index in [-0.39, 0.29) is 37.1 Å². The molecule has 1 aromatic carbocycles. The Labute approximate surface area is 245 Å². The van der Waals surface area contributed by atoms with Crippen molar-refractivity contribution in [1.82, 2.24) is 15.0 Å². The molecule has 0 atom stereocenters. The molecule has 3 aromatic rings. The van der Waals surface area contributed by atoms with Crippen molar-refractivity contribution in [2.75, 3.05) is 47.9 Å². The molecular weight excluding hydrogens is 573 g/mol. The Kier molecular flexibility index (Phi) is 8.58. The number of aryl methyl sites for hydroxylation is 1. The van der Waals surface area contributed by atoms with Gasteiger partial charge in [0.1, 0.15) is 16.5 Å². The zero-order valence-corrected chi connectivity index (χ0v) is 24.1. The average molecular weight is 607 g/mol. The van der Waals surface area contributed by atoms with E-state index in [0.717, 1.165) is 23.5 Å². The van der Waals surface area contributed by atoms with Gasteiger partial charge < -0.3 is 24.7 Å². The zero-order valence-electron chi connectivity index (χ0n) is 23.3. The van der Waals surface area contributed by atoms with Crippen molar-refractivity contribution < 1.29 is 32.9 Å². The molecule has 14 heteroatoms. The molecule has 3 N–H and O–H groups in total. The highest BCUT2D eigenvalue weighted by atomic mass is 32.1. The Morgan fingerprint density at radius 1 is 1.10 bits per heavy atom. The maximum atomic E-state index is 13.3. The van der Waals surface area contributed by atoms with E-state index in [1.807, 2.05) is 11.0 Å². The number of hydrogen-bond donors (Lipinski definition) is 3. The molecule has 2 aromatic heterocycles. The molecule has 2 saturated heterocycles. The number of aliphatic hydroxyl groups is 2. The second-order valence-corrected chi connectivity index (χ2v) is 11.5. The number of carbonyl (C=O) groups is 1. The van der Waals surface area contributed by atoms with Gasteiger partial charge in [0.05, 0.1) is 29.6 Å². The summed E-state index contributed by atoms with van der Waals surface area (Å²) >= 11 is 1.14. The van der Waals surface area contributed by atoms with Crippen LogP contribution in [0.4, 0.5) is 35.9 Å². The van der Waals surface area contributed by atoms with E-state index in [9.17, 15) is 28.2 Å². The van der Waals surface area contributed by atoms with E-state index < -0.39 is 23.3 Å². The fourth-order valence-corrected chi connectivity index (χ4v) is 6.06. The van der Waals surface area contributed by atoms with Gasteiger partial charge in [-0.3, -0.25) is 5.32 Å². The summed E-state index contributed by atoms with van der Waals surface area (Å²) in [7, 11) is 0. The van der Waals surface area contributed by atoms with E-state index >= 15 is 0 Å². The lowest BCUT2D eigenvalue weighted by Gasteiger charge is -2.39. The Balaban J connectivity index is 1.39. The molecule has 2 aliphatic heterocycles. The van der Waals surface area contributed by atoms with Gasteiger partial charge in [-0.25, -0.2) is 9.78 Å². The molecule has 226 valence electrons. The number of alkyl halides is 3. The highest BCUT2D eigenvalue weighted by Crippen LogP contribution is 2.38. The molecule has 0 radical (unpaired) electrons. The molecule has 0 spiro atoms. The van der Waals surface area contributed by atoms with Gasteiger partial charge in [-0.05, 0) is 57.2 Å². The van der Waals surface area contributed by atoms with Crippen LogP contribution in [0.15, 0.2) is 30.3 Å². The predicted molar refractivity (Wildman–Crippen MR) is 152 cm³/mol. The summed E-state index contributed by atoms with van der Waals surface area (Å²) in [4.78, 5) is 30.5. The lowest BCUT2D eigenvalue weighted by atomic mass is 9.83. The molecule has 2 aliphatic rings. The van der Waals surface area contributed by atoms with Gasteiger partial charge in [0, 0.05) is 32.2 Å². The summed E-state index contributed by atoms with van der Waals surface area (Å²) < 4.78 is 45.0. The van der Waals surface area contributed by atoms with E-state index in [1.54, 1.807) is 13.8 Å². The van der Waals surface area contributed by atoms with Crippen molar-refractivity contribution in [3.63, 3.8) is 0 Å². The molecule has 0 bridgehead atoms. The van der Waals surface area contributed by atoms with Gasteiger partial charge >= 0.3 is 12.1 Å². The first kappa shape index (κ1) is 30.0. The topological polar surface area (TPSA) is 124 Å². The molecule has 4 heterocycles. The summed E-state index contributed by atoms with van der Waals surface area (Å²) in [5.41, 5.74) is -1.43. The van der Waals surface area contributed by atoms with Gasteiger partial charge in [-0.1, -0.05) is 23.5 Å². The number of aliphatic hydroxyl groups excluding tert-OH is 1. The van der Waals surface area contributed by atoms with Crippen molar-refractivity contribution in [2.45, 2.75) is 57.4 Å². The van der Waals surface area contributed by atoms with Crippen molar-refractivity contribution in [2.24, 2.45) is 0 Å². The summed E-state index contributed by atoms with van der Waals surface area (Å²) in [5, 5.41) is 24.8. The van der Waals surface area contributed by atoms with Crippen LogP contribution in [0.3, 0.4) is 0 Å². The van der Waals surface area contributed by atoms with Crippen LogP contribution in [0.1, 0.15) is 59.1 Å². The van der Waals surface area contributed by atoms with Crippen LogP contribution in [0.25, 0.3) is 0 Å². The number of piperidine rings is 2. The molecule has 0 amide bonds. The van der Waals surface area contributed by atoms with Crippen LogP contribution < -0.4 is 15.1 Å². The van der Waals surface area contributed by atoms with Crippen LogP contribution in [0.2, 0.25) is 0 Å². The van der Waals surface area contributed by atoms with Crippen molar-refractivity contribution in [3.05, 3.63) is 52.0 Å². The first-order chi connectivity index (χ1) is 19.9. The Bertz CT molecular complexity index is 1420. The van der Waals surface area contributed by atoms with Gasteiger partial charge in [0.2, 0.25) is 5.95 Å². The highest BCUT2D eigenvalue weighted by Gasteiger charge is 2.37. The number of esters is 1. The molecule has 42 heavy (non-hydrogen) atoms. The van der Waals surface area contributed by atoms with Crippen molar-refractivity contribution in [3.8, 4) is 0 Å². The van der Waals surface area contributed by atoms with Crippen molar-refractivity contribution in [1.29, 1.82) is 0 Å². The maximum absolute atomic E-state index is 13.3. The normalized spacial score (nSPS) is 17.8. The number of anilines is 4. The Hall–Kier alpha value is -3.49. The predicted octanol–water partition coefficient (Wildman–Crippen LogP) is 4.63. The van der Waals surface area contributed by atoms with Crippen LogP contribution in [-0.2, 0) is 16.5 Å². The smallest absolute Gasteiger partial charge is 0.416 e. The monoisotopic (exact) mass is 606 g/mol. The van der Waals surface area contributed by atoms with Crippen LogP contribution in [0, 0.1) is 6.92 Å². The third-order valence-electron chi connectivity index (χ3n) is 7.61. The SMILES string of the molecule is CCOC(=O)c1sc(Nc2nc(N3CCC(O)CC3)cc(N3CCC(O)(c4cccc(C(F)(F)F)c4)CC3)n2)nc1C. The minimum absolute atomic E-state index is 0.209. The molecule has 0 aliphatic carbocycles. The van der Waals surface area contributed by atoms with Crippen LogP contribution in [0.5, 0.6) is 0 Å². The Morgan fingerprint density at radius 2 is 1.74 bits per heavy atom. The standard InChI is InChI=1S/C28H33F3N6O4S/c1-3-41-24(39)23-17(2)32-26(42-23)35-25-33-21(36-11-7-20(38)8-12-36)16-22(34-25)37-13-9-27(40,10-14-37)18-5-4-6-19(15-18)28(29,30)31/h4-6,15-16,20,38,40H,3,7-14H2,1-2H3,(H,32,33,34,35). The van der Waals surface area contributed by atoms with Gasteiger partial charge in [-0.15, -0.1) is 0 Å². The van der Waals surface area contributed by atoms with Gasteiger partial charge in [-0.2, -0.15) is 23.1 Å². The van der Waals surface area contributed by atoms with E-state index in [0.29, 0.717) is 66.4 Å². The molecular formula is C28H33F3N6O4S. The third kappa shape index (κ3) is 6.60. The van der Waals surface area contributed by atoms with E-state index in [2.05, 4.69) is 15.2 Å². The molecule has 0 unspecified atom stereocenters. The summed E-state index contributed by atoms with van der Waals surface area (Å²) in [6, 6.07) is 6.71. The third-order valence-corrected chi connectivity index (χ3v) is 8.66. The fourth-order valence-electron chi connectivity index (χ4n) is 5.21. The number of halogens is 3. The molecule has 0 saturated carbocycles. The number of rotatable bonds is 7. The van der Waals surface area contributed by atoms with Crippen molar-refractivity contribution >= 4 is 40.0 Å². The number of nitrogens with one attached hydrogen (secondary N) is 1. The number of aromatic nitrogens is 3. The van der Waals surface area contributed by atoms with Crippen LogP contribution >= 0.6 is 11.3 Å². The second-order valence-electron chi connectivity index (χ2n) is 10.5. The summed E-state index contributed by atoms with van der Waals surface area (Å²) in [5.74, 6) is 1.03. The quantitative estimate of drug-likeness (QED) is 0.328. The Morgan fingerprint density at radius 3 is 2.36 bits per heavy atom. The van der Waals surface area contributed by atoms with Crippen LogP contribution in [-0.4, -0.2) is 70.0 Å². The lowest BCUT2D eigenvalue weighted by Crippen LogP contribution is -2.43. The number of nitrogens with zero attached hydrogens (tertiary/aromatic N) is 5. The van der Waals surface area contributed by atoms with Gasteiger partial charge in [0.25, 0.3) is 0 Å². The minimum Gasteiger partial charge on any atom is -0.462 e. The second kappa shape index (κ2) is 12.0. The average Bonchev–Trinajstić information content (AvgIpc) is 3.33. The zero-order chi connectivity index (χ0) is 30.1. The summed E-state index contributed by atoms with van der Waals surface area (Å²) in [6.07, 6.45) is -3.24. The molecule has 10 nitrogen and oxygen atoms in total. The van der Waals surface area contributed by atoms with E-state index in [1.165, 1.54) is 12.1 Å². The largest absolute Gasteiger partial charge is 0.462 e. The number of carbonyl (C=O) groups excluding carboxylic acids is 1. The lowest BCUT2D eigenvalue weighted by molar-refractivity contribution is -0.137. The number of hydrogen-bond acceptors (Lipinski definition) is 11. The maximum Gasteiger partial charge on any atom is 0.416 e. The van der Waals surface area contributed by atoms with E-state index in [4.69, 9.17) is 14.7 Å². The first-order valence-corrected chi connectivity index (χ1v) is 14.7. The fraction of sp³-hybridized carbons (Fsp3) is 0.500. The van der Waals surface area contributed by atoms with Gasteiger partial charge in [0.15, 0.2) is 5.13 Å². The highest BCUT2D eigenvalue weighted by molar-refractivity contribution is 7.17. The number of ether oxygens (including phenoxy) is 1. The molecule has 5 rings (SSSR count). The first-order valence-electron chi connectivity index (χ1n) is 13.8. The molecule has 2 fully saturated rings.